The zero-order valence-corrected chi connectivity index (χ0v) is 25.7. The zero-order valence-electron chi connectivity index (χ0n) is 25.7. The SMILES string of the molecule is CC(=O)N1C=Cc2cccc(-c3ccc4ccccc4c3)c2[C@H]1[C@@H]1c2c(cccc2-c2ccc3ccccc3c2)C=CN1C(C)=O. The van der Waals surface area contributed by atoms with Crippen molar-refractivity contribution in [3.05, 3.63) is 156 Å². The van der Waals surface area contributed by atoms with E-state index in [1.54, 1.807) is 13.8 Å². The number of amides is 2. The summed E-state index contributed by atoms with van der Waals surface area (Å²) in [5, 5.41) is 4.65. The average Bonchev–Trinajstić information content (AvgIpc) is 3.09. The van der Waals surface area contributed by atoms with E-state index in [0.29, 0.717) is 0 Å². The van der Waals surface area contributed by atoms with Gasteiger partial charge in [0.1, 0.15) is 0 Å². The molecule has 4 heteroatoms. The van der Waals surface area contributed by atoms with Crippen molar-refractivity contribution >= 4 is 45.5 Å². The van der Waals surface area contributed by atoms with Gasteiger partial charge in [0.2, 0.25) is 11.8 Å². The van der Waals surface area contributed by atoms with Gasteiger partial charge in [-0.3, -0.25) is 9.59 Å². The summed E-state index contributed by atoms with van der Waals surface area (Å²) in [6, 6.07) is 41.4. The second kappa shape index (κ2) is 11.0. The Balaban J connectivity index is 1.40. The Bertz CT molecular complexity index is 2100. The fraction of sp³-hybridized carbons (Fsp3) is 0.0952. The molecule has 4 nitrogen and oxygen atoms in total. The van der Waals surface area contributed by atoms with Gasteiger partial charge in [-0.1, -0.05) is 109 Å². The Kier molecular flexibility index (Phi) is 6.65. The molecule has 0 fully saturated rings. The van der Waals surface area contributed by atoms with E-state index < -0.39 is 12.1 Å². The third-order valence-corrected chi connectivity index (χ3v) is 9.45. The summed E-state index contributed by atoms with van der Waals surface area (Å²) in [5.74, 6) is -0.161. The number of nitrogens with zero attached hydrogens (tertiary/aromatic N) is 2. The summed E-state index contributed by atoms with van der Waals surface area (Å²) in [6.45, 7) is 3.21. The van der Waals surface area contributed by atoms with Crippen LogP contribution in [0.5, 0.6) is 0 Å². The van der Waals surface area contributed by atoms with E-state index in [1.165, 1.54) is 10.8 Å². The van der Waals surface area contributed by atoms with Crippen LogP contribution in [0.3, 0.4) is 0 Å². The molecule has 2 atom stereocenters. The van der Waals surface area contributed by atoms with Crippen molar-refractivity contribution in [1.82, 2.24) is 9.80 Å². The summed E-state index contributed by atoms with van der Waals surface area (Å²) in [6.07, 6.45) is 7.80. The molecule has 0 bridgehead atoms. The number of rotatable bonds is 3. The molecule has 2 aliphatic heterocycles. The van der Waals surface area contributed by atoms with Crippen LogP contribution in [0.15, 0.2) is 134 Å². The molecule has 0 saturated heterocycles. The molecular formula is C42H32N2O2. The summed E-state index contributed by atoms with van der Waals surface area (Å²) < 4.78 is 0. The second-order valence-corrected chi connectivity index (χ2v) is 12.1. The van der Waals surface area contributed by atoms with E-state index in [1.807, 2.05) is 34.4 Å². The van der Waals surface area contributed by atoms with E-state index in [-0.39, 0.29) is 11.8 Å². The maximum absolute atomic E-state index is 13.5. The van der Waals surface area contributed by atoms with Crippen molar-refractivity contribution in [2.24, 2.45) is 0 Å². The Hall–Kier alpha value is -5.74. The van der Waals surface area contributed by atoms with Gasteiger partial charge in [0.15, 0.2) is 0 Å². The molecule has 0 aromatic heterocycles. The molecule has 2 amide bonds. The smallest absolute Gasteiger partial charge is 0.224 e. The Morgan fingerprint density at radius 3 is 1.30 bits per heavy atom. The molecule has 6 aromatic carbocycles. The highest BCUT2D eigenvalue weighted by molar-refractivity contribution is 5.92. The van der Waals surface area contributed by atoms with Gasteiger partial charge in [-0.2, -0.15) is 0 Å². The van der Waals surface area contributed by atoms with Crippen LogP contribution in [0.1, 0.15) is 48.2 Å². The molecule has 0 unspecified atom stereocenters. The average molecular weight is 597 g/mol. The van der Waals surface area contributed by atoms with E-state index in [0.717, 1.165) is 55.3 Å². The van der Waals surface area contributed by atoms with Crippen LogP contribution in [0.4, 0.5) is 0 Å². The minimum atomic E-state index is -0.477. The molecule has 0 radical (unpaired) electrons. The highest BCUT2D eigenvalue weighted by atomic mass is 16.2. The minimum absolute atomic E-state index is 0.0806. The molecule has 6 aromatic rings. The topological polar surface area (TPSA) is 40.6 Å². The first kappa shape index (κ1) is 27.8. The third kappa shape index (κ3) is 4.53. The summed E-state index contributed by atoms with van der Waals surface area (Å²) in [4.78, 5) is 30.7. The standard InChI is InChI=1S/C42H32N2O2/c1-27(45)43-23-21-31-13-7-15-37(35-19-17-29-9-3-5-11-33(29)25-35)39(31)41(43)42-40-32(22-24-44(42)28(2)46)14-8-16-38(40)36-20-18-30-10-4-6-12-34(30)26-36/h3-26,41-42H,1-2H3/t41-,42-/m0/s1. The number of hydrogen-bond donors (Lipinski definition) is 0. The maximum Gasteiger partial charge on any atom is 0.224 e. The molecule has 222 valence electrons. The molecule has 0 saturated carbocycles. The molecule has 2 aliphatic rings. The van der Waals surface area contributed by atoms with E-state index in [9.17, 15) is 9.59 Å². The second-order valence-electron chi connectivity index (χ2n) is 12.1. The molecule has 2 heterocycles. The van der Waals surface area contributed by atoms with Crippen LogP contribution >= 0.6 is 0 Å². The molecule has 0 N–H and O–H groups in total. The first-order chi connectivity index (χ1) is 22.5. The van der Waals surface area contributed by atoms with Crippen molar-refractivity contribution in [3.63, 3.8) is 0 Å². The number of carbonyl (C=O) groups is 2. The van der Waals surface area contributed by atoms with Crippen molar-refractivity contribution in [3.8, 4) is 22.3 Å². The minimum Gasteiger partial charge on any atom is -0.309 e. The van der Waals surface area contributed by atoms with Crippen molar-refractivity contribution in [1.29, 1.82) is 0 Å². The maximum atomic E-state index is 13.5. The zero-order chi connectivity index (χ0) is 31.4. The lowest BCUT2D eigenvalue weighted by Crippen LogP contribution is -2.43. The number of benzene rings is 6. The Labute approximate surface area is 268 Å². The van der Waals surface area contributed by atoms with Crippen molar-refractivity contribution in [2.45, 2.75) is 25.9 Å². The van der Waals surface area contributed by atoms with Crippen LogP contribution in [0.25, 0.3) is 56.0 Å². The first-order valence-corrected chi connectivity index (χ1v) is 15.7. The van der Waals surface area contributed by atoms with Gasteiger partial charge in [-0.15, -0.1) is 0 Å². The Morgan fingerprint density at radius 1 is 0.478 bits per heavy atom. The van der Waals surface area contributed by atoms with Gasteiger partial charge in [-0.25, -0.2) is 0 Å². The highest BCUT2D eigenvalue weighted by Gasteiger charge is 2.42. The van der Waals surface area contributed by atoms with Gasteiger partial charge >= 0.3 is 0 Å². The van der Waals surface area contributed by atoms with Gasteiger partial charge in [0, 0.05) is 26.2 Å². The van der Waals surface area contributed by atoms with Crippen LogP contribution in [-0.4, -0.2) is 21.6 Å². The molecule has 46 heavy (non-hydrogen) atoms. The monoisotopic (exact) mass is 596 g/mol. The number of fused-ring (bicyclic) bond motifs is 4. The Morgan fingerprint density at radius 2 is 0.891 bits per heavy atom. The molecule has 0 spiro atoms. The summed E-state index contributed by atoms with van der Waals surface area (Å²) in [5.41, 5.74) is 8.37. The van der Waals surface area contributed by atoms with Gasteiger partial charge in [0.05, 0.1) is 12.1 Å². The van der Waals surface area contributed by atoms with Gasteiger partial charge in [-0.05, 0) is 90.3 Å². The van der Waals surface area contributed by atoms with E-state index in [4.69, 9.17) is 0 Å². The lowest BCUT2D eigenvalue weighted by atomic mass is 9.77. The lowest BCUT2D eigenvalue weighted by molar-refractivity contribution is -0.134. The van der Waals surface area contributed by atoms with Crippen LogP contribution in [0.2, 0.25) is 0 Å². The summed E-state index contributed by atoms with van der Waals surface area (Å²) >= 11 is 0. The van der Waals surface area contributed by atoms with E-state index >= 15 is 0 Å². The largest absolute Gasteiger partial charge is 0.309 e. The van der Waals surface area contributed by atoms with Crippen LogP contribution in [-0.2, 0) is 9.59 Å². The van der Waals surface area contributed by atoms with E-state index in [2.05, 4.69) is 121 Å². The first-order valence-electron chi connectivity index (χ1n) is 15.7. The highest BCUT2D eigenvalue weighted by Crippen LogP contribution is 2.51. The predicted molar refractivity (Wildman–Crippen MR) is 187 cm³/mol. The van der Waals surface area contributed by atoms with Crippen LogP contribution < -0.4 is 0 Å². The molecule has 0 aliphatic carbocycles. The lowest BCUT2D eigenvalue weighted by Gasteiger charge is -2.45. The fourth-order valence-corrected chi connectivity index (χ4v) is 7.34. The number of hydrogen-bond acceptors (Lipinski definition) is 2. The predicted octanol–water partition coefficient (Wildman–Crippen LogP) is 9.77. The van der Waals surface area contributed by atoms with Crippen LogP contribution in [0, 0.1) is 0 Å². The quantitative estimate of drug-likeness (QED) is 0.204. The molecular weight excluding hydrogens is 564 g/mol. The van der Waals surface area contributed by atoms with Crippen molar-refractivity contribution < 1.29 is 9.59 Å². The van der Waals surface area contributed by atoms with Crippen molar-refractivity contribution in [2.75, 3.05) is 0 Å². The molecule has 8 rings (SSSR count). The number of carbonyl (C=O) groups excluding carboxylic acids is 2. The van der Waals surface area contributed by atoms with Gasteiger partial charge in [0.25, 0.3) is 0 Å². The van der Waals surface area contributed by atoms with Gasteiger partial charge < -0.3 is 9.80 Å². The third-order valence-electron chi connectivity index (χ3n) is 9.45. The fourth-order valence-electron chi connectivity index (χ4n) is 7.34. The normalized spacial score (nSPS) is 16.8. The summed E-state index contributed by atoms with van der Waals surface area (Å²) in [7, 11) is 0.